The summed E-state index contributed by atoms with van der Waals surface area (Å²) in [5.74, 6) is 0.689. The van der Waals surface area contributed by atoms with Gasteiger partial charge in [0.25, 0.3) is 0 Å². The molecule has 0 radical (unpaired) electrons. The molecule has 9 heteroatoms. The zero-order valence-electron chi connectivity index (χ0n) is 13.5. The number of rotatable bonds is 12. The van der Waals surface area contributed by atoms with Crippen LogP contribution >= 0.6 is 0 Å². The summed E-state index contributed by atoms with van der Waals surface area (Å²) in [6, 6.07) is 0.758. The largest absolute Gasteiger partial charge is 0.500 e. The van der Waals surface area contributed by atoms with Crippen LogP contribution in [0, 0.1) is 0 Å². The summed E-state index contributed by atoms with van der Waals surface area (Å²) >= 11 is 0. The average molecular weight is 317 g/mol. The lowest BCUT2D eigenvalue weighted by Gasteiger charge is -2.28. The van der Waals surface area contributed by atoms with Crippen molar-refractivity contribution in [1.29, 1.82) is 0 Å². The van der Waals surface area contributed by atoms with Gasteiger partial charge in [-0.2, -0.15) is 0 Å². The first-order valence-corrected chi connectivity index (χ1v) is 9.56. The first-order chi connectivity index (χ1) is 10.2. The molecular weight excluding hydrogens is 290 g/mol. The molecule has 1 aromatic rings. The molecule has 0 saturated heterocycles. The lowest BCUT2D eigenvalue weighted by molar-refractivity contribution is 0.0704. The van der Waals surface area contributed by atoms with Crippen LogP contribution in [0.5, 0.6) is 0 Å². The number of hydrogen-bond acceptors (Lipinski definition) is 7. The summed E-state index contributed by atoms with van der Waals surface area (Å²) in [4.78, 5) is 0. The van der Waals surface area contributed by atoms with Crippen LogP contribution in [0.3, 0.4) is 0 Å². The van der Waals surface area contributed by atoms with Crippen LogP contribution in [0.25, 0.3) is 0 Å². The molecule has 0 aliphatic carbocycles. The zero-order valence-corrected chi connectivity index (χ0v) is 14.5. The van der Waals surface area contributed by atoms with E-state index in [0.717, 1.165) is 19.0 Å². The molecule has 0 aromatic carbocycles. The number of aromatic nitrogens is 4. The van der Waals surface area contributed by atoms with Gasteiger partial charge < -0.3 is 18.6 Å². The molecule has 0 aliphatic rings. The Morgan fingerprint density at radius 1 is 1.05 bits per heavy atom. The Kier molecular flexibility index (Phi) is 8.43. The fourth-order valence-electron chi connectivity index (χ4n) is 2.09. The van der Waals surface area contributed by atoms with E-state index in [2.05, 4.69) is 20.8 Å². The molecule has 8 nitrogen and oxygen atoms in total. The van der Waals surface area contributed by atoms with E-state index in [1.165, 1.54) is 0 Å². The van der Waals surface area contributed by atoms with Gasteiger partial charge >= 0.3 is 8.80 Å². The van der Waals surface area contributed by atoms with Crippen molar-refractivity contribution in [2.24, 2.45) is 0 Å². The first kappa shape index (κ1) is 18.0. The van der Waals surface area contributed by atoms with Gasteiger partial charge in [-0.05, 0) is 44.5 Å². The monoisotopic (exact) mass is 317 g/mol. The first-order valence-electron chi connectivity index (χ1n) is 7.63. The summed E-state index contributed by atoms with van der Waals surface area (Å²) < 4.78 is 19.2. The molecule has 122 valence electrons. The van der Waals surface area contributed by atoms with Crippen LogP contribution in [-0.4, -0.2) is 55.4 Å². The van der Waals surface area contributed by atoms with Crippen molar-refractivity contribution in [3.8, 4) is 0 Å². The highest BCUT2D eigenvalue weighted by Gasteiger charge is 2.39. The number of tetrazole rings is 1. The van der Waals surface area contributed by atoms with E-state index in [1.807, 2.05) is 27.7 Å². The van der Waals surface area contributed by atoms with E-state index < -0.39 is 8.80 Å². The normalized spacial score (nSPS) is 11.8. The minimum Gasteiger partial charge on any atom is -0.374 e. The number of aryl methyl sites for hydroxylation is 1. The number of nitrogens with zero attached hydrogens (tertiary/aromatic N) is 4. The third kappa shape index (κ3) is 5.69. The second-order valence-corrected chi connectivity index (χ2v) is 7.07. The third-order valence-electron chi connectivity index (χ3n) is 2.81. The molecule has 0 bridgehead atoms. The molecule has 0 aliphatic heterocycles. The van der Waals surface area contributed by atoms with E-state index in [1.54, 1.807) is 4.68 Å². The standard InChI is InChI=1S/C12H27N5O3Si/c1-5-13-12-14-15-16-17(12)10-9-11-21(18-6-2,19-7-3)20-8-4/h5-11H2,1-4H3,(H,13,14,16). The molecule has 1 aromatic heterocycles. The average Bonchev–Trinajstić information content (AvgIpc) is 2.88. The molecule has 0 atom stereocenters. The molecule has 0 fully saturated rings. The summed E-state index contributed by atoms with van der Waals surface area (Å²) in [5, 5.41) is 14.7. The van der Waals surface area contributed by atoms with Crippen molar-refractivity contribution in [2.45, 2.75) is 46.7 Å². The molecule has 1 rings (SSSR count). The molecule has 0 saturated carbocycles. The topological polar surface area (TPSA) is 83.3 Å². The van der Waals surface area contributed by atoms with Gasteiger partial charge in [0, 0.05) is 39.0 Å². The quantitative estimate of drug-likeness (QED) is 0.585. The molecule has 0 amide bonds. The molecule has 0 unspecified atom stereocenters. The maximum atomic E-state index is 5.83. The lowest BCUT2D eigenvalue weighted by atomic mass is 10.5. The number of nitrogens with one attached hydrogen (secondary N) is 1. The van der Waals surface area contributed by atoms with Crippen molar-refractivity contribution in [1.82, 2.24) is 20.2 Å². The van der Waals surface area contributed by atoms with Gasteiger partial charge in [-0.3, -0.25) is 0 Å². The minimum atomic E-state index is -2.57. The fourth-order valence-corrected chi connectivity index (χ4v) is 4.68. The lowest BCUT2D eigenvalue weighted by Crippen LogP contribution is -2.46. The fraction of sp³-hybridized carbons (Fsp3) is 0.917. The third-order valence-corrected chi connectivity index (χ3v) is 5.96. The smallest absolute Gasteiger partial charge is 0.374 e. The van der Waals surface area contributed by atoms with Gasteiger partial charge in [0.1, 0.15) is 0 Å². The predicted octanol–water partition coefficient (Wildman–Crippen LogP) is 1.54. The Balaban J connectivity index is 2.57. The maximum Gasteiger partial charge on any atom is 0.500 e. The maximum absolute atomic E-state index is 5.83. The summed E-state index contributed by atoms with van der Waals surface area (Å²) in [6.07, 6.45) is 0.843. The van der Waals surface area contributed by atoms with E-state index >= 15 is 0 Å². The van der Waals surface area contributed by atoms with Gasteiger partial charge in [0.15, 0.2) is 0 Å². The second-order valence-electron chi connectivity index (χ2n) is 4.34. The van der Waals surface area contributed by atoms with E-state index in [9.17, 15) is 0 Å². The van der Waals surface area contributed by atoms with E-state index in [-0.39, 0.29) is 0 Å². The van der Waals surface area contributed by atoms with Crippen LogP contribution in [0.2, 0.25) is 6.04 Å². The van der Waals surface area contributed by atoms with E-state index in [4.69, 9.17) is 13.3 Å². The Labute approximate surface area is 127 Å². The summed E-state index contributed by atoms with van der Waals surface area (Å²) in [5.41, 5.74) is 0. The number of anilines is 1. The molecule has 0 spiro atoms. The van der Waals surface area contributed by atoms with Crippen molar-refractivity contribution >= 4 is 14.8 Å². The molecule has 1 heterocycles. The van der Waals surface area contributed by atoms with Crippen molar-refractivity contribution in [2.75, 3.05) is 31.7 Å². The second kappa shape index (κ2) is 9.82. The highest BCUT2D eigenvalue weighted by atomic mass is 28.4. The van der Waals surface area contributed by atoms with Gasteiger partial charge in [-0.1, -0.05) is 5.10 Å². The van der Waals surface area contributed by atoms with Gasteiger partial charge in [-0.25, -0.2) is 4.68 Å². The highest BCUT2D eigenvalue weighted by Crippen LogP contribution is 2.19. The van der Waals surface area contributed by atoms with Gasteiger partial charge in [0.2, 0.25) is 5.95 Å². The van der Waals surface area contributed by atoms with Crippen LogP contribution in [0.1, 0.15) is 34.1 Å². The summed E-state index contributed by atoms with van der Waals surface area (Å²) in [7, 11) is -2.57. The predicted molar refractivity (Wildman–Crippen MR) is 82.0 cm³/mol. The van der Waals surface area contributed by atoms with Crippen molar-refractivity contribution in [3.63, 3.8) is 0 Å². The Morgan fingerprint density at radius 2 is 1.67 bits per heavy atom. The Morgan fingerprint density at radius 3 is 2.19 bits per heavy atom. The van der Waals surface area contributed by atoms with E-state index in [0.29, 0.717) is 32.3 Å². The van der Waals surface area contributed by atoms with Crippen LogP contribution in [0.4, 0.5) is 5.95 Å². The summed E-state index contributed by atoms with van der Waals surface area (Å²) in [6.45, 7) is 11.2. The minimum absolute atomic E-state index is 0.597. The van der Waals surface area contributed by atoms with Crippen molar-refractivity contribution < 1.29 is 13.3 Å². The highest BCUT2D eigenvalue weighted by molar-refractivity contribution is 6.60. The van der Waals surface area contributed by atoms with Gasteiger partial charge in [0.05, 0.1) is 0 Å². The molecular formula is C12H27N5O3Si. The van der Waals surface area contributed by atoms with Crippen molar-refractivity contribution in [3.05, 3.63) is 0 Å². The Bertz CT molecular complexity index is 374. The Hall–Kier alpha value is -1.03. The number of hydrogen-bond donors (Lipinski definition) is 1. The van der Waals surface area contributed by atoms with Crippen LogP contribution in [-0.2, 0) is 19.8 Å². The van der Waals surface area contributed by atoms with Crippen LogP contribution < -0.4 is 5.32 Å². The zero-order chi connectivity index (χ0) is 15.6. The van der Waals surface area contributed by atoms with Crippen LogP contribution in [0.15, 0.2) is 0 Å². The SMILES string of the molecule is CCNc1nnnn1CCC[Si](OCC)(OCC)OCC. The molecule has 21 heavy (non-hydrogen) atoms. The molecule has 1 N–H and O–H groups in total. The van der Waals surface area contributed by atoms with Gasteiger partial charge in [-0.15, -0.1) is 0 Å².